The van der Waals surface area contributed by atoms with E-state index >= 15 is 0 Å². The summed E-state index contributed by atoms with van der Waals surface area (Å²) in [5.41, 5.74) is 1.95. The first-order valence-electron chi connectivity index (χ1n) is 6.80. The zero-order chi connectivity index (χ0) is 15.2. The van der Waals surface area contributed by atoms with E-state index in [1.807, 2.05) is 38.1 Å². The standard InChI is InChI=1S/C15H19N3O2S/c1-3-18(15(20)17-14-16-8-9-21-14)10-13(19)12-6-4-11(2)5-7-12/h4-9,13,19H,3,10H2,1-2H3,(H,16,17,20). The number of carbonyl (C=O) groups is 1. The van der Waals surface area contributed by atoms with Crippen LogP contribution in [0.3, 0.4) is 0 Å². The number of anilines is 1. The largest absolute Gasteiger partial charge is 0.387 e. The fourth-order valence-electron chi connectivity index (χ4n) is 1.91. The van der Waals surface area contributed by atoms with Crippen LogP contribution in [0.4, 0.5) is 9.93 Å². The first kappa shape index (κ1) is 15.5. The van der Waals surface area contributed by atoms with E-state index < -0.39 is 6.10 Å². The molecular formula is C15H19N3O2S. The highest BCUT2D eigenvalue weighted by Crippen LogP contribution is 2.16. The highest BCUT2D eigenvalue weighted by molar-refractivity contribution is 7.13. The number of hydrogen-bond acceptors (Lipinski definition) is 4. The number of nitrogens with zero attached hydrogens (tertiary/aromatic N) is 2. The highest BCUT2D eigenvalue weighted by atomic mass is 32.1. The molecule has 0 fully saturated rings. The van der Waals surface area contributed by atoms with Crippen molar-refractivity contribution in [2.24, 2.45) is 0 Å². The zero-order valence-electron chi connectivity index (χ0n) is 12.1. The van der Waals surface area contributed by atoms with Crippen molar-refractivity contribution in [2.45, 2.75) is 20.0 Å². The smallest absolute Gasteiger partial charge is 0.323 e. The molecule has 1 unspecified atom stereocenters. The average Bonchev–Trinajstić information content (AvgIpc) is 2.98. The second-order valence-electron chi connectivity index (χ2n) is 4.73. The van der Waals surface area contributed by atoms with E-state index in [9.17, 15) is 9.90 Å². The maximum atomic E-state index is 12.1. The van der Waals surface area contributed by atoms with E-state index in [1.54, 1.807) is 16.5 Å². The van der Waals surface area contributed by atoms with Crippen LogP contribution >= 0.6 is 11.3 Å². The third-order valence-electron chi connectivity index (χ3n) is 3.17. The molecule has 2 aromatic rings. The van der Waals surface area contributed by atoms with Crippen molar-refractivity contribution in [1.29, 1.82) is 0 Å². The van der Waals surface area contributed by atoms with E-state index in [1.165, 1.54) is 11.3 Å². The normalized spacial score (nSPS) is 12.0. The van der Waals surface area contributed by atoms with Crippen molar-refractivity contribution >= 4 is 22.5 Å². The Morgan fingerprint density at radius 1 is 1.43 bits per heavy atom. The quantitative estimate of drug-likeness (QED) is 0.892. The van der Waals surface area contributed by atoms with Crippen molar-refractivity contribution in [3.63, 3.8) is 0 Å². The Labute approximate surface area is 128 Å². The van der Waals surface area contributed by atoms with Crippen molar-refractivity contribution < 1.29 is 9.90 Å². The van der Waals surface area contributed by atoms with Crippen LogP contribution in [0, 0.1) is 6.92 Å². The van der Waals surface area contributed by atoms with Crippen LogP contribution in [0.5, 0.6) is 0 Å². The fourth-order valence-corrected chi connectivity index (χ4v) is 2.43. The van der Waals surface area contributed by atoms with Crippen molar-refractivity contribution in [2.75, 3.05) is 18.4 Å². The van der Waals surface area contributed by atoms with Crippen LogP contribution in [0.1, 0.15) is 24.2 Å². The molecule has 0 aliphatic heterocycles. The van der Waals surface area contributed by atoms with Crippen LogP contribution in [0.25, 0.3) is 0 Å². The summed E-state index contributed by atoms with van der Waals surface area (Å²) in [5, 5.41) is 15.3. The summed E-state index contributed by atoms with van der Waals surface area (Å²) in [6.45, 7) is 4.64. The predicted octanol–water partition coefficient (Wildman–Crippen LogP) is 3.04. The minimum absolute atomic E-state index is 0.247. The van der Waals surface area contributed by atoms with Gasteiger partial charge in [0.1, 0.15) is 0 Å². The van der Waals surface area contributed by atoms with Crippen LogP contribution in [-0.2, 0) is 0 Å². The van der Waals surface area contributed by atoms with Gasteiger partial charge in [0.25, 0.3) is 0 Å². The Morgan fingerprint density at radius 3 is 2.71 bits per heavy atom. The molecule has 1 aromatic carbocycles. The van der Waals surface area contributed by atoms with Crippen LogP contribution in [-0.4, -0.2) is 34.1 Å². The summed E-state index contributed by atoms with van der Waals surface area (Å²) in [4.78, 5) is 17.7. The van der Waals surface area contributed by atoms with Crippen LogP contribution in [0.2, 0.25) is 0 Å². The number of benzene rings is 1. The van der Waals surface area contributed by atoms with E-state index in [4.69, 9.17) is 0 Å². The number of aromatic nitrogens is 1. The summed E-state index contributed by atoms with van der Waals surface area (Å²) < 4.78 is 0. The Bertz CT molecular complexity index is 569. The lowest BCUT2D eigenvalue weighted by Crippen LogP contribution is -2.37. The lowest BCUT2D eigenvalue weighted by molar-refractivity contribution is 0.128. The number of urea groups is 1. The number of aliphatic hydroxyl groups excluding tert-OH is 1. The molecule has 0 spiro atoms. The summed E-state index contributed by atoms with van der Waals surface area (Å²) >= 11 is 1.36. The fraction of sp³-hybridized carbons (Fsp3) is 0.333. The molecule has 0 aliphatic rings. The summed E-state index contributed by atoms with van der Waals surface area (Å²) in [6.07, 6.45) is 0.935. The SMILES string of the molecule is CCN(CC(O)c1ccc(C)cc1)C(=O)Nc1nccs1. The number of carbonyl (C=O) groups excluding carboxylic acids is 1. The highest BCUT2D eigenvalue weighted by Gasteiger charge is 2.18. The van der Waals surface area contributed by atoms with Gasteiger partial charge in [-0.1, -0.05) is 29.8 Å². The Kier molecular flexibility index (Phi) is 5.30. The van der Waals surface area contributed by atoms with Crippen molar-refractivity contribution in [3.05, 3.63) is 47.0 Å². The molecule has 1 heterocycles. The minimum Gasteiger partial charge on any atom is -0.387 e. The minimum atomic E-state index is -0.701. The van der Waals surface area contributed by atoms with Gasteiger partial charge in [0, 0.05) is 18.1 Å². The molecule has 0 saturated heterocycles. The molecule has 21 heavy (non-hydrogen) atoms. The first-order chi connectivity index (χ1) is 10.1. The molecule has 0 aliphatic carbocycles. The first-order valence-corrected chi connectivity index (χ1v) is 7.68. The van der Waals surface area contributed by atoms with Gasteiger partial charge in [-0.15, -0.1) is 11.3 Å². The second kappa shape index (κ2) is 7.19. The number of aliphatic hydroxyl groups is 1. The van der Waals surface area contributed by atoms with Gasteiger partial charge in [0.15, 0.2) is 5.13 Å². The Morgan fingerprint density at radius 2 is 2.14 bits per heavy atom. The molecule has 2 N–H and O–H groups in total. The Hall–Kier alpha value is -1.92. The lowest BCUT2D eigenvalue weighted by atomic mass is 10.1. The molecular weight excluding hydrogens is 286 g/mol. The van der Waals surface area contributed by atoms with Gasteiger partial charge in [-0.3, -0.25) is 5.32 Å². The van der Waals surface area contributed by atoms with Gasteiger partial charge < -0.3 is 10.0 Å². The number of likely N-dealkylation sites (N-methyl/N-ethyl adjacent to an activating group) is 1. The number of aryl methyl sites for hydroxylation is 1. The molecule has 1 atom stereocenters. The van der Waals surface area contributed by atoms with E-state index in [2.05, 4.69) is 10.3 Å². The van der Waals surface area contributed by atoms with Crippen LogP contribution < -0.4 is 5.32 Å². The predicted molar refractivity (Wildman–Crippen MR) is 84.5 cm³/mol. The summed E-state index contributed by atoms with van der Waals surface area (Å²) in [7, 11) is 0. The summed E-state index contributed by atoms with van der Waals surface area (Å²) in [5.74, 6) is 0. The molecule has 112 valence electrons. The molecule has 0 radical (unpaired) electrons. The Balaban J connectivity index is 1.97. The molecule has 2 rings (SSSR count). The van der Waals surface area contributed by atoms with E-state index in [0.29, 0.717) is 11.7 Å². The summed E-state index contributed by atoms with van der Waals surface area (Å²) in [6, 6.07) is 7.41. The number of rotatable bonds is 5. The molecule has 1 aromatic heterocycles. The number of hydrogen-bond donors (Lipinski definition) is 2. The molecule has 2 amide bonds. The maximum Gasteiger partial charge on any atom is 0.323 e. The third kappa shape index (κ3) is 4.27. The maximum absolute atomic E-state index is 12.1. The van der Waals surface area contributed by atoms with E-state index in [-0.39, 0.29) is 12.6 Å². The topological polar surface area (TPSA) is 65.5 Å². The van der Waals surface area contributed by atoms with E-state index in [0.717, 1.165) is 11.1 Å². The molecule has 5 nitrogen and oxygen atoms in total. The molecule has 0 bridgehead atoms. The molecule has 0 saturated carbocycles. The second-order valence-corrected chi connectivity index (χ2v) is 5.63. The van der Waals surface area contributed by atoms with Crippen molar-refractivity contribution in [1.82, 2.24) is 9.88 Å². The van der Waals surface area contributed by atoms with Crippen molar-refractivity contribution in [3.8, 4) is 0 Å². The van der Waals surface area contributed by atoms with Crippen LogP contribution in [0.15, 0.2) is 35.8 Å². The number of nitrogens with one attached hydrogen (secondary N) is 1. The number of amides is 2. The number of thiazole rings is 1. The van der Waals surface area contributed by atoms with Gasteiger partial charge in [0.05, 0.1) is 12.6 Å². The van der Waals surface area contributed by atoms with Gasteiger partial charge in [0.2, 0.25) is 0 Å². The lowest BCUT2D eigenvalue weighted by Gasteiger charge is -2.24. The van der Waals surface area contributed by atoms with Gasteiger partial charge in [-0.25, -0.2) is 9.78 Å². The zero-order valence-corrected chi connectivity index (χ0v) is 12.9. The monoisotopic (exact) mass is 305 g/mol. The van der Waals surface area contributed by atoms with Gasteiger partial charge in [-0.2, -0.15) is 0 Å². The third-order valence-corrected chi connectivity index (χ3v) is 3.86. The van der Waals surface area contributed by atoms with Gasteiger partial charge in [-0.05, 0) is 19.4 Å². The molecule has 6 heteroatoms. The average molecular weight is 305 g/mol. The van der Waals surface area contributed by atoms with Gasteiger partial charge >= 0.3 is 6.03 Å².